The van der Waals surface area contributed by atoms with Gasteiger partial charge in [0.2, 0.25) is 0 Å². The largest absolute Gasteiger partial charge is 0.459 e. The molecule has 8 aromatic carbocycles. The Kier molecular flexibility index (Phi) is 6.40. The van der Waals surface area contributed by atoms with Crippen molar-refractivity contribution >= 4 is 99.5 Å². The minimum absolute atomic E-state index is 0.0515. The highest BCUT2D eigenvalue weighted by Crippen LogP contribution is 2.36. The van der Waals surface area contributed by atoms with E-state index < -0.39 is 0 Å². The first-order chi connectivity index (χ1) is 26.8. The lowest BCUT2D eigenvalue weighted by Gasteiger charge is -2.34. The van der Waals surface area contributed by atoms with Crippen LogP contribution in [-0.2, 0) is 0 Å². The van der Waals surface area contributed by atoms with Crippen LogP contribution >= 0.6 is 11.3 Å². The van der Waals surface area contributed by atoms with Crippen molar-refractivity contribution in [3.05, 3.63) is 176 Å². The minimum Gasteiger partial charge on any atom is -0.459 e. The standard InChI is InChI=1S/C48H29B2NO2S/c1-6-19-40-33(14-1)34-15-2-7-20-41(34)51(40)32-13-11-12-30(28-32)49-37-17-4-9-22-43(37)53-48-39(49)25-26-44-47(48)50(38-18-5-8-21-42(38)52-44)31-24-27-46-36(29-31)35-16-3-10-23-45(35)54-46/h1-29H. The number of ether oxygens (including phenoxy) is 2. The fourth-order valence-electron chi connectivity index (χ4n) is 9.15. The maximum Gasteiger partial charge on any atom is 0.255 e. The topological polar surface area (TPSA) is 23.4 Å². The monoisotopic (exact) mass is 705 g/mol. The number of rotatable bonds is 3. The highest BCUT2D eigenvalue weighted by molar-refractivity contribution is 7.25. The van der Waals surface area contributed by atoms with Gasteiger partial charge in [0, 0.05) is 36.7 Å². The highest BCUT2D eigenvalue weighted by Gasteiger charge is 2.41. The molecule has 3 nitrogen and oxygen atoms in total. The molecular formula is C48H29B2NO2S. The molecule has 0 unspecified atom stereocenters. The van der Waals surface area contributed by atoms with Gasteiger partial charge in [-0.1, -0.05) is 132 Å². The van der Waals surface area contributed by atoms with E-state index in [1.165, 1.54) is 52.9 Å². The van der Waals surface area contributed by atoms with E-state index >= 15 is 0 Å². The zero-order chi connectivity index (χ0) is 35.3. The molecule has 0 N–H and O–H groups in total. The van der Waals surface area contributed by atoms with Crippen molar-refractivity contribution in [1.29, 1.82) is 0 Å². The third-order valence-electron chi connectivity index (χ3n) is 11.5. The molecule has 250 valence electrons. The lowest BCUT2D eigenvalue weighted by Crippen LogP contribution is -2.60. The van der Waals surface area contributed by atoms with Crippen molar-refractivity contribution in [3.8, 4) is 28.7 Å². The average molecular weight is 705 g/mol. The Morgan fingerprint density at radius 1 is 0.407 bits per heavy atom. The molecule has 0 amide bonds. The molecule has 0 aliphatic carbocycles. The van der Waals surface area contributed by atoms with E-state index in [1.807, 2.05) is 11.3 Å². The predicted octanol–water partition coefficient (Wildman–Crippen LogP) is 8.40. The van der Waals surface area contributed by atoms with E-state index in [1.54, 1.807) is 0 Å². The van der Waals surface area contributed by atoms with Crippen molar-refractivity contribution in [1.82, 2.24) is 4.57 Å². The van der Waals surface area contributed by atoms with Gasteiger partial charge < -0.3 is 14.0 Å². The molecule has 10 aromatic rings. The third kappa shape index (κ3) is 4.32. The molecular weight excluding hydrogens is 676 g/mol. The summed E-state index contributed by atoms with van der Waals surface area (Å²) in [6.07, 6.45) is 0. The van der Waals surface area contributed by atoms with E-state index in [2.05, 4.69) is 180 Å². The van der Waals surface area contributed by atoms with Gasteiger partial charge in [0.1, 0.15) is 23.0 Å². The predicted molar refractivity (Wildman–Crippen MR) is 229 cm³/mol. The summed E-state index contributed by atoms with van der Waals surface area (Å²) in [6, 6.07) is 63.6. The number of nitrogens with zero attached hydrogens (tertiary/aromatic N) is 1. The Morgan fingerprint density at radius 3 is 1.83 bits per heavy atom. The fourth-order valence-corrected chi connectivity index (χ4v) is 10.2. The lowest BCUT2D eigenvalue weighted by atomic mass is 9.32. The first kappa shape index (κ1) is 30.0. The van der Waals surface area contributed by atoms with Crippen LogP contribution in [0.1, 0.15) is 0 Å². The molecule has 0 saturated carbocycles. The van der Waals surface area contributed by atoms with Crippen molar-refractivity contribution in [2.45, 2.75) is 0 Å². The second-order valence-electron chi connectivity index (χ2n) is 14.4. The maximum absolute atomic E-state index is 7.07. The summed E-state index contributed by atoms with van der Waals surface area (Å²) in [4.78, 5) is 0. The van der Waals surface area contributed by atoms with Crippen LogP contribution in [0.3, 0.4) is 0 Å². The number of fused-ring (bicyclic) bond motifs is 11. The summed E-state index contributed by atoms with van der Waals surface area (Å²) in [5, 5.41) is 5.09. The fraction of sp³-hybridized carbons (Fsp3) is 0. The van der Waals surface area contributed by atoms with Crippen LogP contribution in [0, 0.1) is 0 Å². The molecule has 2 aliphatic heterocycles. The average Bonchev–Trinajstić information content (AvgIpc) is 3.77. The number of thiophene rings is 1. The number of para-hydroxylation sites is 4. The second-order valence-corrected chi connectivity index (χ2v) is 15.4. The van der Waals surface area contributed by atoms with E-state index in [0.717, 1.165) is 50.5 Å². The van der Waals surface area contributed by atoms with E-state index in [4.69, 9.17) is 9.47 Å². The summed E-state index contributed by atoms with van der Waals surface area (Å²) in [5.41, 5.74) is 10.5. The first-order valence-corrected chi connectivity index (χ1v) is 19.3. The quantitative estimate of drug-likeness (QED) is 0.173. The van der Waals surface area contributed by atoms with E-state index in [9.17, 15) is 0 Å². The first-order valence-electron chi connectivity index (χ1n) is 18.5. The van der Waals surface area contributed by atoms with Gasteiger partial charge in [-0.3, -0.25) is 0 Å². The molecule has 0 fully saturated rings. The minimum atomic E-state index is -0.0854. The van der Waals surface area contributed by atoms with Crippen molar-refractivity contribution in [2.24, 2.45) is 0 Å². The van der Waals surface area contributed by atoms with Gasteiger partial charge in [-0.2, -0.15) is 0 Å². The summed E-state index contributed by atoms with van der Waals surface area (Å²) in [5.74, 6) is 3.48. The van der Waals surface area contributed by atoms with Gasteiger partial charge in [0.15, 0.2) is 0 Å². The van der Waals surface area contributed by atoms with Gasteiger partial charge in [-0.15, -0.1) is 11.3 Å². The number of benzene rings is 8. The number of hydrogen-bond acceptors (Lipinski definition) is 3. The smallest absolute Gasteiger partial charge is 0.255 e. The van der Waals surface area contributed by atoms with Crippen LogP contribution in [0.25, 0.3) is 47.7 Å². The van der Waals surface area contributed by atoms with Gasteiger partial charge in [0.25, 0.3) is 13.4 Å². The molecule has 0 atom stereocenters. The summed E-state index contributed by atoms with van der Waals surface area (Å²) < 4.78 is 18.8. The Morgan fingerprint density at radius 2 is 1.04 bits per heavy atom. The molecule has 0 spiro atoms. The number of aromatic nitrogens is 1. The molecule has 2 aliphatic rings. The third-order valence-corrected chi connectivity index (χ3v) is 12.6. The van der Waals surface area contributed by atoms with Gasteiger partial charge >= 0.3 is 0 Å². The molecule has 54 heavy (non-hydrogen) atoms. The zero-order valence-corrected chi connectivity index (χ0v) is 29.9. The Hall–Kier alpha value is -6.49. The highest BCUT2D eigenvalue weighted by atomic mass is 32.1. The Balaban J connectivity index is 1.08. The van der Waals surface area contributed by atoms with Crippen LogP contribution in [0.5, 0.6) is 23.0 Å². The summed E-state index contributed by atoms with van der Waals surface area (Å²) >= 11 is 1.85. The second kappa shape index (κ2) is 11.5. The molecule has 0 saturated heterocycles. The number of hydrogen-bond donors (Lipinski definition) is 0. The maximum atomic E-state index is 7.07. The SMILES string of the molecule is c1cc(B2c3ccccc3Oc3c2ccc2c3B(c3ccc4sc5ccccc5c4c3)c3ccccc3O2)cc(-n2c3ccccc3c3ccccc32)c1. The van der Waals surface area contributed by atoms with Gasteiger partial charge in [-0.25, -0.2) is 0 Å². The van der Waals surface area contributed by atoms with Crippen molar-refractivity contribution in [2.75, 3.05) is 0 Å². The van der Waals surface area contributed by atoms with Crippen LogP contribution in [0.2, 0.25) is 0 Å². The Bertz CT molecular complexity index is 3110. The van der Waals surface area contributed by atoms with Crippen molar-refractivity contribution in [3.63, 3.8) is 0 Å². The van der Waals surface area contributed by atoms with Gasteiger partial charge in [-0.05, 0) is 76.4 Å². The Labute approximate surface area is 316 Å². The molecule has 6 heteroatoms. The molecule has 0 bridgehead atoms. The molecule has 2 aromatic heterocycles. The van der Waals surface area contributed by atoms with Gasteiger partial charge in [0.05, 0.1) is 11.0 Å². The summed E-state index contributed by atoms with van der Waals surface area (Å²) in [7, 11) is 0. The van der Waals surface area contributed by atoms with Crippen LogP contribution in [0.4, 0.5) is 0 Å². The van der Waals surface area contributed by atoms with Crippen molar-refractivity contribution < 1.29 is 9.47 Å². The van der Waals surface area contributed by atoms with Crippen LogP contribution in [-0.4, -0.2) is 18.0 Å². The zero-order valence-electron chi connectivity index (χ0n) is 29.1. The molecule has 12 rings (SSSR count). The normalized spacial score (nSPS) is 13.0. The molecule has 4 heterocycles. The van der Waals surface area contributed by atoms with Crippen LogP contribution in [0.15, 0.2) is 176 Å². The van der Waals surface area contributed by atoms with E-state index in [-0.39, 0.29) is 13.4 Å². The van der Waals surface area contributed by atoms with E-state index in [0.29, 0.717) is 0 Å². The molecule has 0 radical (unpaired) electrons. The summed E-state index contributed by atoms with van der Waals surface area (Å²) in [6.45, 7) is -0.137. The lowest BCUT2D eigenvalue weighted by molar-refractivity contribution is 0.469. The van der Waals surface area contributed by atoms with Crippen LogP contribution < -0.4 is 42.3 Å².